The lowest BCUT2D eigenvalue weighted by atomic mass is 9.92. The standard InChI is InChI=1S/C14H27N3O/c1-14(2)9-16(4)12(7-8-15-3)13(18)17(10-14)11-5-6-11/h11-12,15H,5-10H2,1-4H3. The van der Waals surface area contributed by atoms with Crippen LogP contribution in [0.15, 0.2) is 0 Å². The first-order chi connectivity index (χ1) is 8.44. The predicted octanol–water partition coefficient (Wildman–Crippen LogP) is 0.927. The van der Waals surface area contributed by atoms with Crippen LogP contribution >= 0.6 is 0 Å². The Morgan fingerprint density at radius 3 is 2.56 bits per heavy atom. The van der Waals surface area contributed by atoms with E-state index in [-0.39, 0.29) is 11.5 Å². The fraction of sp³-hybridized carbons (Fsp3) is 0.929. The number of rotatable bonds is 4. The predicted molar refractivity (Wildman–Crippen MR) is 73.5 cm³/mol. The summed E-state index contributed by atoms with van der Waals surface area (Å²) in [6, 6.07) is 0.584. The first-order valence-corrected chi connectivity index (χ1v) is 7.10. The van der Waals surface area contributed by atoms with Crippen LogP contribution in [0.25, 0.3) is 0 Å². The van der Waals surface area contributed by atoms with Crippen molar-refractivity contribution in [1.82, 2.24) is 15.1 Å². The smallest absolute Gasteiger partial charge is 0.240 e. The highest BCUT2D eigenvalue weighted by atomic mass is 16.2. The second-order valence-corrected chi connectivity index (χ2v) is 6.68. The number of nitrogens with one attached hydrogen (secondary N) is 1. The third-order valence-electron chi connectivity index (χ3n) is 4.03. The number of hydrogen-bond acceptors (Lipinski definition) is 3. The van der Waals surface area contributed by atoms with E-state index in [1.54, 1.807) is 0 Å². The van der Waals surface area contributed by atoms with Crippen LogP contribution < -0.4 is 5.32 Å². The topological polar surface area (TPSA) is 35.6 Å². The van der Waals surface area contributed by atoms with Crippen LogP contribution in [-0.4, -0.2) is 61.5 Å². The van der Waals surface area contributed by atoms with Crippen molar-refractivity contribution in [2.24, 2.45) is 5.41 Å². The third kappa shape index (κ3) is 3.04. The van der Waals surface area contributed by atoms with Gasteiger partial charge < -0.3 is 10.2 Å². The van der Waals surface area contributed by atoms with E-state index in [4.69, 9.17) is 0 Å². The highest BCUT2D eigenvalue weighted by Crippen LogP contribution is 2.34. The van der Waals surface area contributed by atoms with Gasteiger partial charge in [0, 0.05) is 19.1 Å². The van der Waals surface area contributed by atoms with Gasteiger partial charge in [-0.3, -0.25) is 9.69 Å². The summed E-state index contributed by atoms with van der Waals surface area (Å²) in [4.78, 5) is 17.1. The average molecular weight is 253 g/mol. The molecule has 2 fully saturated rings. The third-order valence-corrected chi connectivity index (χ3v) is 4.03. The highest BCUT2D eigenvalue weighted by molar-refractivity contribution is 5.83. The van der Waals surface area contributed by atoms with Crippen LogP contribution in [0.1, 0.15) is 33.1 Å². The molecule has 0 aromatic heterocycles. The molecule has 18 heavy (non-hydrogen) atoms. The molecule has 0 aromatic carbocycles. The summed E-state index contributed by atoms with van der Waals surface area (Å²) < 4.78 is 0. The average Bonchev–Trinajstić information content (AvgIpc) is 3.08. The van der Waals surface area contributed by atoms with Crippen LogP contribution in [0, 0.1) is 5.41 Å². The molecule has 1 aliphatic carbocycles. The van der Waals surface area contributed by atoms with E-state index in [1.807, 2.05) is 7.05 Å². The van der Waals surface area contributed by atoms with Crippen molar-refractivity contribution in [2.45, 2.75) is 45.2 Å². The molecule has 4 nitrogen and oxygen atoms in total. The lowest BCUT2D eigenvalue weighted by molar-refractivity contribution is -0.136. The van der Waals surface area contributed by atoms with Gasteiger partial charge in [0.15, 0.2) is 0 Å². The molecule has 1 N–H and O–H groups in total. The first kappa shape index (κ1) is 13.8. The van der Waals surface area contributed by atoms with Crippen LogP contribution in [-0.2, 0) is 4.79 Å². The molecule has 104 valence electrons. The summed E-state index contributed by atoms with van der Waals surface area (Å²) >= 11 is 0. The maximum atomic E-state index is 12.7. The van der Waals surface area contributed by atoms with Gasteiger partial charge in [-0.05, 0) is 45.3 Å². The molecule has 4 heteroatoms. The molecule has 1 saturated heterocycles. The molecule has 1 unspecified atom stereocenters. The maximum Gasteiger partial charge on any atom is 0.240 e. The fourth-order valence-electron chi connectivity index (χ4n) is 3.07. The number of amides is 1. The largest absolute Gasteiger partial charge is 0.338 e. The Bertz CT molecular complexity index is 312. The van der Waals surface area contributed by atoms with Gasteiger partial charge in [0.25, 0.3) is 0 Å². The van der Waals surface area contributed by atoms with Gasteiger partial charge in [0.1, 0.15) is 0 Å². The van der Waals surface area contributed by atoms with Crippen molar-refractivity contribution in [1.29, 1.82) is 0 Å². The summed E-state index contributed by atoms with van der Waals surface area (Å²) in [6.45, 7) is 7.35. The summed E-state index contributed by atoms with van der Waals surface area (Å²) in [5.41, 5.74) is 0.196. The Morgan fingerprint density at radius 2 is 2.00 bits per heavy atom. The fourth-order valence-corrected chi connectivity index (χ4v) is 3.07. The molecule has 2 rings (SSSR count). The SMILES string of the molecule is CNCCC1C(=O)N(C2CC2)CC(C)(C)CN1C. The van der Waals surface area contributed by atoms with Gasteiger partial charge in [0.2, 0.25) is 5.91 Å². The van der Waals surface area contributed by atoms with Crippen molar-refractivity contribution in [3.63, 3.8) is 0 Å². The lowest BCUT2D eigenvalue weighted by Gasteiger charge is -2.30. The van der Waals surface area contributed by atoms with Crippen LogP contribution in [0.3, 0.4) is 0 Å². The molecular formula is C14H27N3O. The highest BCUT2D eigenvalue weighted by Gasteiger charge is 2.43. The second kappa shape index (κ2) is 5.17. The van der Waals surface area contributed by atoms with Gasteiger partial charge in [-0.1, -0.05) is 13.8 Å². The van der Waals surface area contributed by atoms with E-state index in [9.17, 15) is 4.79 Å². The molecule has 1 atom stereocenters. The van der Waals surface area contributed by atoms with Gasteiger partial charge in [-0.15, -0.1) is 0 Å². The van der Waals surface area contributed by atoms with Gasteiger partial charge in [0.05, 0.1) is 6.04 Å². The van der Waals surface area contributed by atoms with Crippen LogP contribution in [0.4, 0.5) is 0 Å². The lowest BCUT2D eigenvalue weighted by Crippen LogP contribution is -2.46. The molecule has 0 aromatic rings. The van der Waals surface area contributed by atoms with Gasteiger partial charge in [-0.25, -0.2) is 0 Å². The van der Waals surface area contributed by atoms with Crippen molar-refractivity contribution in [2.75, 3.05) is 33.7 Å². The Balaban J connectivity index is 2.14. The van der Waals surface area contributed by atoms with Crippen molar-refractivity contribution in [3.05, 3.63) is 0 Å². The minimum absolute atomic E-state index is 0.0554. The number of carbonyl (C=O) groups excluding carboxylic acids is 1. The van der Waals surface area contributed by atoms with E-state index in [0.717, 1.165) is 26.1 Å². The van der Waals surface area contributed by atoms with Crippen LogP contribution in [0.5, 0.6) is 0 Å². The zero-order valence-corrected chi connectivity index (χ0v) is 12.2. The molecule has 0 radical (unpaired) electrons. The number of nitrogens with zero attached hydrogens (tertiary/aromatic N) is 2. The van der Waals surface area contributed by atoms with E-state index >= 15 is 0 Å². The van der Waals surface area contributed by atoms with Crippen LogP contribution in [0.2, 0.25) is 0 Å². The maximum absolute atomic E-state index is 12.7. The van der Waals surface area contributed by atoms with Crippen molar-refractivity contribution >= 4 is 5.91 Å². The molecule has 0 spiro atoms. The van der Waals surface area contributed by atoms with E-state index in [1.165, 1.54) is 12.8 Å². The quantitative estimate of drug-likeness (QED) is 0.809. The minimum atomic E-state index is 0.0554. The zero-order valence-electron chi connectivity index (χ0n) is 12.2. The summed E-state index contributed by atoms with van der Waals surface area (Å²) in [5, 5.41) is 3.16. The van der Waals surface area contributed by atoms with Crippen molar-refractivity contribution < 1.29 is 4.79 Å². The second-order valence-electron chi connectivity index (χ2n) is 6.68. The zero-order chi connectivity index (χ0) is 13.3. The minimum Gasteiger partial charge on any atom is -0.338 e. The molecule has 0 bridgehead atoms. The van der Waals surface area contributed by atoms with E-state index in [2.05, 4.69) is 36.0 Å². The first-order valence-electron chi connectivity index (χ1n) is 7.10. The van der Waals surface area contributed by atoms with Gasteiger partial charge >= 0.3 is 0 Å². The van der Waals surface area contributed by atoms with Gasteiger partial charge in [-0.2, -0.15) is 0 Å². The number of carbonyl (C=O) groups is 1. The molecule has 1 aliphatic heterocycles. The number of likely N-dealkylation sites (N-methyl/N-ethyl adjacent to an activating group) is 1. The van der Waals surface area contributed by atoms with E-state index in [0.29, 0.717) is 11.9 Å². The molecule has 1 amide bonds. The Labute approximate surface area is 111 Å². The molecule has 2 aliphatic rings. The molecule has 1 saturated carbocycles. The number of hydrogen-bond donors (Lipinski definition) is 1. The summed E-state index contributed by atoms with van der Waals surface area (Å²) in [7, 11) is 4.04. The summed E-state index contributed by atoms with van der Waals surface area (Å²) in [5.74, 6) is 0.348. The summed E-state index contributed by atoms with van der Waals surface area (Å²) in [6.07, 6.45) is 3.31. The monoisotopic (exact) mass is 253 g/mol. The Morgan fingerprint density at radius 1 is 1.33 bits per heavy atom. The Kier molecular flexibility index (Phi) is 3.97. The molecule has 1 heterocycles. The van der Waals surface area contributed by atoms with E-state index < -0.39 is 0 Å². The van der Waals surface area contributed by atoms with Crippen molar-refractivity contribution in [3.8, 4) is 0 Å². The normalized spacial score (nSPS) is 29.4. The Hall–Kier alpha value is -0.610. The molecular weight excluding hydrogens is 226 g/mol.